The number of nitrogens with zero attached hydrogens (tertiary/aromatic N) is 4. The van der Waals surface area contributed by atoms with E-state index in [2.05, 4.69) is 20.4 Å². The summed E-state index contributed by atoms with van der Waals surface area (Å²) in [5.74, 6) is 0.291. The van der Waals surface area contributed by atoms with Gasteiger partial charge in [0.05, 0.1) is 12.8 Å². The summed E-state index contributed by atoms with van der Waals surface area (Å²) in [6, 6.07) is 0. The molecule has 1 saturated heterocycles. The lowest BCUT2D eigenvalue weighted by atomic mass is 10.1. The third kappa shape index (κ3) is 5.66. The Morgan fingerprint density at radius 2 is 2.22 bits per heavy atom. The number of aromatic nitrogens is 2. The van der Waals surface area contributed by atoms with Gasteiger partial charge in [0.2, 0.25) is 0 Å². The second-order valence-corrected chi connectivity index (χ2v) is 7.70. The molecule has 0 radical (unpaired) electrons. The minimum atomic E-state index is -1.28. The molecule has 0 aromatic carbocycles. The number of hydrogen-bond donors (Lipinski definition) is 5. The number of nitrogens with two attached hydrogens (primary N) is 1. The average Bonchev–Trinajstić information content (AvgIpc) is 3.24. The molecule has 1 aromatic rings. The molecular formula is C19H33N7O6. The molecule has 13 nitrogen and oxygen atoms in total. The number of unbranched alkanes of at least 4 members (excludes halogenated alkanes) is 1. The number of hydrogen-bond acceptors (Lipinski definition) is 11. The molecule has 180 valence electrons. The zero-order valence-electron chi connectivity index (χ0n) is 18.4. The van der Waals surface area contributed by atoms with E-state index in [4.69, 9.17) is 20.0 Å². The van der Waals surface area contributed by atoms with Gasteiger partial charge in [-0.1, -0.05) is 5.16 Å². The van der Waals surface area contributed by atoms with Crippen molar-refractivity contribution in [1.29, 1.82) is 0 Å². The van der Waals surface area contributed by atoms with Gasteiger partial charge >= 0.3 is 5.69 Å². The van der Waals surface area contributed by atoms with E-state index in [1.54, 1.807) is 6.21 Å². The molecule has 32 heavy (non-hydrogen) atoms. The fourth-order valence-corrected chi connectivity index (χ4v) is 3.65. The number of ether oxygens (including phenoxy) is 2. The van der Waals surface area contributed by atoms with Crippen LogP contribution < -0.4 is 27.6 Å². The second kappa shape index (κ2) is 11.4. The molecule has 0 aliphatic carbocycles. The topological polar surface area (TPSA) is 172 Å². The third-order valence-corrected chi connectivity index (χ3v) is 5.32. The van der Waals surface area contributed by atoms with Crippen molar-refractivity contribution in [2.75, 3.05) is 46.6 Å². The lowest BCUT2D eigenvalue weighted by Gasteiger charge is -2.22. The lowest BCUT2D eigenvalue weighted by Crippen LogP contribution is -2.46. The summed E-state index contributed by atoms with van der Waals surface area (Å²) in [5.41, 5.74) is 5.64. The van der Waals surface area contributed by atoms with Crippen molar-refractivity contribution in [3.8, 4) is 0 Å². The van der Waals surface area contributed by atoms with Crippen LogP contribution in [0.5, 0.6) is 0 Å². The first-order valence-electron chi connectivity index (χ1n) is 10.7. The van der Waals surface area contributed by atoms with E-state index in [0.717, 1.165) is 19.4 Å². The van der Waals surface area contributed by atoms with E-state index in [-0.39, 0.29) is 6.67 Å². The molecule has 1 fully saturated rings. The van der Waals surface area contributed by atoms with Gasteiger partial charge in [0.1, 0.15) is 42.8 Å². The molecular weight excluding hydrogens is 422 g/mol. The van der Waals surface area contributed by atoms with Crippen molar-refractivity contribution in [1.82, 2.24) is 19.8 Å². The number of fused-ring (bicyclic) bond motifs is 1. The van der Waals surface area contributed by atoms with Crippen LogP contribution in [0, 0.1) is 0 Å². The fourth-order valence-electron chi connectivity index (χ4n) is 3.65. The second-order valence-electron chi connectivity index (χ2n) is 7.70. The molecule has 0 spiro atoms. The molecule has 6 N–H and O–H groups in total. The third-order valence-electron chi connectivity index (χ3n) is 5.32. The molecule has 3 heterocycles. The van der Waals surface area contributed by atoms with Crippen LogP contribution in [-0.2, 0) is 14.3 Å². The monoisotopic (exact) mass is 455 g/mol. The summed E-state index contributed by atoms with van der Waals surface area (Å²) in [6.07, 6.45) is -0.898. The Bertz CT molecular complexity index is 945. The highest BCUT2D eigenvalue weighted by Gasteiger charge is 2.45. The summed E-state index contributed by atoms with van der Waals surface area (Å²) in [4.78, 5) is 26.5. The first kappa shape index (κ1) is 24.2. The van der Waals surface area contributed by atoms with Crippen LogP contribution in [0.2, 0.25) is 0 Å². The summed E-state index contributed by atoms with van der Waals surface area (Å²) >= 11 is 0. The van der Waals surface area contributed by atoms with E-state index in [9.17, 15) is 15.0 Å². The molecule has 2 aliphatic heterocycles. The first-order valence-corrected chi connectivity index (χ1v) is 10.7. The zero-order valence-corrected chi connectivity index (χ0v) is 18.4. The predicted molar refractivity (Wildman–Crippen MR) is 115 cm³/mol. The maximum Gasteiger partial charge on any atom is 0.330 e. The first-order chi connectivity index (χ1) is 15.4. The number of rotatable bonds is 12. The molecule has 4 atom stereocenters. The average molecular weight is 456 g/mol. The Labute approximate surface area is 185 Å². The Morgan fingerprint density at radius 3 is 3.00 bits per heavy atom. The smallest absolute Gasteiger partial charge is 0.330 e. The van der Waals surface area contributed by atoms with Crippen molar-refractivity contribution < 1.29 is 24.5 Å². The summed E-state index contributed by atoms with van der Waals surface area (Å²) < 4.78 is 12.2. The Balaban J connectivity index is 1.50. The quantitative estimate of drug-likeness (QED) is 0.123. The molecule has 0 bridgehead atoms. The van der Waals surface area contributed by atoms with Crippen molar-refractivity contribution in [2.45, 2.75) is 44.3 Å². The van der Waals surface area contributed by atoms with Gasteiger partial charge in [-0.2, -0.15) is 0 Å². The highest BCUT2D eigenvalue weighted by molar-refractivity contribution is 5.57. The maximum absolute atomic E-state index is 12.5. The molecule has 0 saturated carbocycles. The number of H-pyrrole nitrogens is 1. The Morgan fingerprint density at radius 1 is 1.41 bits per heavy atom. The number of aromatic amines is 1. The van der Waals surface area contributed by atoms with Crippen molar-refractivity contribution in [2.24, 2.45) is 15.9 Å². The van der Waals surface area contributed by atoms with Crippen LogP contribution >= 0.6 is 0 Å². The van der Waals surface area contributed by atoms with Crippen LogP contribution in [0.15, 0.2) is 14.9 Å². The molecule has 2 aliphatic rings. The SMILES string of the molecule is CCOCC=NOCCCCN(C)C[C@H]1O[C@@H](n2c(=O)[nH]c3c2=NCNC=3N)[C@H](O)[C@@H]1O. The van der Waals surface area contributed by atoms with Gasteiger partial charge in [-0.3, -0.25) is 0 Å². The minimum Gasteiger partial charge on any atom is -0.396 e. The molecule has 13 heteroatoms. The number of nitrogens with one attached hydrogen (secondary N) is 2. The van der Waals surface area contributed by atoms with E-state index < -0.39 is 30.2 Å². The Kier molecular flexibility index (Phi) is 8.64. The van der Waals surface area contributed by atoms with Gasteiger partial charge < -0.3 is 45.5 Å². The number of aliphatic hydroxyl groups excluding tert-OH is 2. The van der Waals surface area contributed by atoms with Gasteiger partial charge in [-0.05, 0) is 33.4 Å². The minimum absolute atomic E-state index is 0.204. The van der Waals surface area contributed by atoms with Gasteiger partial charge in [0, 0.05) is 13.2 Å². The van der Waals surface area contributed by atoms with E-state index in [1.165, 1.54) is 4.57 Å². The largest absolute Gasteiger partial charge is 0.396 e. The summed E-state index contributed by atoms with van der Waals surface area (Å²) in [7, 11) is 1.90. The van der Waals surface area contributed by atoms with E-state index in [1.807, 2.05) is 18.9 Å². The van der Waals surface area contributed by atoms with Gasteiger partial charge in [0.25, 0.3) is 0 Å². The normalized spacial score (nSPS) is 25.2. The summed E-state index contributed by atoms with van der Waals surface area (Å²) in [5, 5.41) is 28.0. The van der Waals surface area contributed by atoms with Gasteiger partial charge in [-0.15, -0.1) is 0 Å². The van der Waals surface area contributed by atoms with Gasteiger partial charge in [-0.25, -0.2) is 14.4 Å². The van der Waals surface area contributed by atoms with Crippen molar-refractivity contribution in [3.63, 3.8) is 0 Å². The molecule has 1 aromatic heterocycles. The number of likely N-dealkylation sites (N-methyl/N-ethyl adjacent to an activating group) is 1. The van der Waals surface area contributed by atoms with Crippen LogP contribution in [0.4, 0.5) is 0 Å². The van der Waals surface area contributed by atoms with Crippen molar-refractivity contribution in [3.05, 3.63) is 21.3 Å². The molecule has 0 amide bonds. The summed E-state index contributed by atoms with van der Waals surface area (Å²) in [6.45, 7) is 4.82. The predicted octanol–water partition coefficient (Wildman–Crippen LogP) is -3.25. The molecule has 3 rings (SSSR count). The number of imidazole rings is 1. The van der Waals surface area contributed by atoms with Crippen LogP contribution in [-0.4, -0.2) is 95.8 Å². The number of aliphatic hydroxyl groups is 2. The van der Waals surface area contributed by atoms with Crippen LogP contribution in [0.25, 0.3) is 5.82 Å². The zero-order chi connectivity index (χ0) is 23.1. The lowest BCUT2D eigenvalue weighted by molar-refractivity contribution is -0.0479. The highest BCUT2D eigenvalue weighted by atomic mass is 16.6. The van der Waals surface area contributed by atoms with E-state index >= 15 is 0 Å². The molecule has 0 unspecified atom stereocenters. The van der Waals surface area contributed by atoms with Crippen molar-refractivity contribution >= 4 is 12.0 Å². The maximum atomic E-state index is 12.5. The van der Waals surface area contributed by atoms with Crippen LogP contribution in [0.3, 0.4) is 0 Å². The van der Waals surface area contributed by atoms with E-state index in [0.29, 0.717) is 43.0 Å². The van der Waals surface area contributed by atoms with Gasteiger partial charge in [0.15, 0.2) is 11.7 Å². The Hall–Kier alpha value is -2.45. The standard InChI is InChI=1S/C19H33N7O6/c1-3-30-9-6-23-31-8-5-4-7-25(2)10-12-14(27)15(28)18(32-12)26-17-13(24-19(26)29)16(20)21-11-22-17/h6,12,14-15,18,21,27-28H,3-5,7-11,20H2,1-2H3,(H,24,29)/t12-,14-,15-,18-/m1/s1. The number of oxime groups is 1. The fraction of sp³-hybridized carbons (Fsp3) is 0.737. The highest BCUT2D eigenvalue weighted by Crippen LogP contribution is 2.28. The van der Waals surface area contributed by atoms with Crippen LogP contribution in [0.1, 0.15) is 26.0 Å².